The Bertz CT molecular complexity index is 1350. The number of carbonyl (C=O) groups excluding carboxylic acids is 2. The Kier molecular flexibility index (Phi) is 9.21. The van der Waals surface area contributed by atoms with Crippen molar-refractivity contribution < 1.29 is 9.59 Å². The van der Waals surface area contributed by atoms with Crippen molar-refractivity contribution in [2.45, 2.75) is 0 Å². The van der Waals surface area contributed by atoms with Gasteiger partial charge in [-0.1, -0.05) is 69.5 Å². The fourth-order valence-electron chi connectivity index (χ4n) is 3.85. The number of anilines is 2. The molecule has 3 aromatic rings. The number of nitrogens with one attached hydrogen (secondary N) is 2. The number of benzene rings is 3. The standard InChI is InChI=1S/C27H23BrCl2N4O2S/c28-19-7-9-22(29)21(16-19)26(36)32-27(37)31-20-8-10-24(23(30)17-20)33-12-14-34(15-13-33)25(35)11-6-18-4-2-1-3-5-18/h1-11,16-17H,12-15H2,(H2,31,32,36,37)/b11-6+. The van der Waals surface area contributed by atoms with E-state index in [0.29, 0.717) is 47.5 Å². The van der Waals surface area contributed by atoms with Gasteiger partial charge < -0.3 is 15.1 Å². The van der Waals surface area contributed by atoms with Crippen LogP contribution in [0, 0.1) is 0 Å². The van der Waals surface area contributed by atoms with E-state index in [9.17, 15) is 9.59 Å². The van der Waals surface area contributed by atoms with Crippen molar-refractivity contribution in [3.05, 3.63) is 98.5 Å². The average Bonchev–Trinajstić information content (AvgIpc) is 2.89. The van der Waals surface area contributed by atoms with Gasteiger partial charge in [0, 0.05) is 42.4 Å². The van der Waals surface area contributed by atoms with Crippen molar-refractivity contribution >= 4 is 85.7 Å². The third-order valence-electron chi connectivity index (χ3n) is 5.76. The maximum atomic E-state index is 12.6. The molecule has 2 amide bonds. The second kappa shape index (κ2) is 12.6. The Hall–Kier alpha value is -2.91. The van der Waals surface area contributed by atoms with Gasteiger partial charge in [-0.25, -0.2) is 0 Å². The molecule has 0 aromatic heterocycles. The van der Waals surface area contributed by atoms with Gasteiger partial charge in [-0.3, -0.25) is 14.9 Å². The van der Waals surface area contributed by atoms with Crippen LogP contribution in [0.5, 0.6) is 0 Å². The SMILES string of the molecule is O=C(NC(=S)Nc1ccc(N2CCN(C(=O)/C=C/c3ccccc3)CC2)c(Cl)c1)c1cc(Br)ccc1Cl. The van der Waals surface area contributed by atoms with Gasteiger partial charge in [-0.2, -0.15) is 0 Å². The Balaban J connectivity index is 1.31. The molecule has 10 heteroatoms. The van der Waals surface area contributed by atoms with Gasteiger partial charge in [0.1, 0.15) is 0 Å². The molecule has 4 rings (SSSR count). The number of rotatable bonds is 5. The quantitative estimate of drug-likeness (QED) is 0.262. The summed E-state index contributed by atoms with van der Waals surface area (Å²) in [4.78, 5) is 29.1. The second-order valence-corrected chi connectivity index (χ2v) is 10.4. The highest BCUT2D eigenvalue weighted by Crippen LogP contribution is 2.30. The summed E-state index contributed by atoms with van der Waals surface area (Å²) in [5.74, 6) is -0.425. The zero-order valence-electron chi connectivity index (χ0n) is 19.6. The molecular formula is C27H23BrCl2N4O2S. The summed E-state index contributed by atoms with van der Waals surface area (Å²) in [6.45, 7) is 2.53. The highest BCUT2D eigenvalue weighted by Gasteiger charge is 2.21. The lowest BCUT2D eigenvalue weighted by Gasteiger charge is -2.36. The lowest BCUT2D eigenvalue weighted by atomic mass is 10.2. The largest absolute Gasteiger partial charge is 0.367 e. The van der Waals surface area contributed by atoms with Crippen LogP contribution >= 0.6 is 51.3 Å². The first kappa shape index (κ1) is 27.1. The second-order valence-electron chi connectivity index (χ2n) is 8.25. The first-order valence-electron chi connectivity index (χ1n) is 11.4. The van der Waals surface area contributed by atoms with Crippen molar-refractivity contribution in [1.29, 1.82) is 0 Å². The van der Waals surface area contributed by atoms with E-state index in [1.807, 2.05) is 53.4 Å². The highest BCUT2D eigenvalue weighted by molar-refractivity contribution is 9.10. The van der Waals surface area contributed by atoms with Crippen LogP contribution < -0.4 is 15.5 Å². The molecule has 0 bridgehead atoms. The van der Waals surface area contributed by atoms with E-state index in [1.54, 1.807) is 30.3 Å². The predicted octanol–water partition coefficient (Wildman–Crippen LogP) is 6.24. The molecule has 1 saturated heterocycles. The van der Waals surface area contributed by atoms with Gasteiger partial charge in [0.25, 0.3) is 5.91 Å². The smallest absolute Gasteiger partial charge is 0.258 e. The molecule has 0 spiro atoms. The zero-order valence-corrected chi connectivity index (χ0v) is 23.5. The van der Waals surface area contributed by atoms with Gasteiger partial charge in [0.2, 0.25) is 5.91 Å². The van der Waals surface area contributed by atoms with E-state index >= 15 is 0 Å². The maximum Gasteiger partial charge on any atom is 0.258 e. The van der Waals surface area contributed by atoms with E-state index < -0.39 is 5.91 Å². The molecule has 0 saturated carbocycles. The van der Waals surface area contributed by atoms with E-state index in [4.69, 9.17) is 35.4 Å². The Labute approximate surface area is 239 Å². The average molecular weight is 618 g/mol. The normalized spacial score (nSPS) is 13.5. The van der Waals surface area contributed by atoms with Crippen LogP contribution in [-0.2, 0) is 4.79 Å². The number of hydrogen-bond acceptors (Lipinski definition) is 4. The summed E-state index contributed by atoms with van der Waals surface area (Å²) in [5, 5.41) is 6.59. The number of halogens is 3. The number of amides is 2. The monoisotopic (exact) mass is 616 g/mol. The molecule has 37 heavy (non-hydrogen) atoms. The number of thiocarbonyl (C=S) groups is 1. The van der Waals surface area contributed by atoms with E-state index in [-0.39, 0.29) is 11.0 Å². The first-order valence-corrected chi connectivity index (χ1v) is 13.4. The van der Waals surface area contributed by atoms with Crippen LogP contribution in [0.2, 0.25) is 10.0 Å². The summed E-state index contributed by atoms with van der Waals surface area (Å²) in [7, 11) is 0. The molecule has 190 valence electrons. The number of nitrogens with zero attached hydrogens (tertiary/aromatic N) is 2. The summed E-state index contributed by atoms with van der Waals surface area (Å²) < 4.78 is 0.733. The molecular weight excluding hydrogens is 595 g/mol. The summed E-state index contributed by atoms with van der Waals surface area (Å²) in [5.41, 5.74) is 2.81. The zero-order chi connectivity index (χ0) is 26.4. The van der Waals surface area contributed by atoms with Crippen molar-refractivity contribution in [3.63, 3.8) is 0 Å². The summed E-state index contributed by atoms with van der Waals surface area (Å²) >= 11 is 21.3. The molecule has 1 fully saturated rings. The highest BCUT2D eigenvalue weighted by atomic mass is 79.9. The number of carbonyl (C=O) groups is 2. The Morgan fingerprint density at radius 1 is 0.919 bits per heavy atom. The molecule has 0 aliphatic carbocycles. The Morgan fingerprint density at radius 3 is 2.35 bits per heavy atom. The van der Waals surface area contributed by atoms with Crippen molar-refractivity contribution in [2.24, 2.45) is 0 Å². The third kappa shape index (κ3) is 7.32. The van der Waals surface area contributed by atoms with E-state index in [1.165, 1.54) is 0 Å². The van der Waals surface area contributed by atoms with Crippen LogP contribution in [0.15, 0.2) is 77.3 Å². The molecule has 0 unspecified atom stereocenters. The third-order valence-corrected chi connectivity index (χ3v) is 7.09. The van der Waals surface area contributed by atoms with Gasteiger partial charge in [0.05, 0.1) is 21.3 Å². The van der Waals surface area contributed by atoms with Crippen LogP contribution in [0.4, 0.5) is 11.4 Å². The topological polar surface area (TPSA) is 64.7 Å². The minimum absolute atomic E-state index is 0.00569. The van der Waals surface area contributed by atoms with Crippen LogP contribution in [0.25, 0.3) is 6.08 Å². The molecule has 0 radical (unpaired) electrons. The van der Waals surface area contributed by atoms with Crippen LogP contribution in [0.1, 0.15) is 15.9 Å². The van der Waals surface area contributed by atoms with Crippen LogP contribution in [-0.4, -0.2) is 48.0 Å². The van der Waals surface area contributed by atoms with Gasteiger partial charge in [0.15, 0.2) is 5.11 Å². The Morgan fingerprint density at radius 2 is 1.65 bits per heavy atom. The lowest BCUT2D eigenvalue weighted by Crippen LogP contribution is -2.48. The van der Waals surface area contributed by atoms with Crippen molar-refractivity contribution in [2.75, 3.05) is 36.4 Å². The van der Waals surface area contributed by atoms with Gasteiger partial charge in [-0.05, 0) is 60.3 Å². The summed E-state index contributed by atoms with van der Waals surface area (Å²) in [6.07, 6.45) is 3.45. The molecule has 2 N–H and O–H groups in total. The number of hydrogen-bond donors (Lipinski definition) is 2. The molecule has 1 aliphatic rings. The fourth-order valence-corrected chi connectivity index (χ4v) is 4.93. The lowest BCUT2D eigenvalue weighted by molar-refractivity contribution is -0.126. The van der Waals surface area contributed by atoms with Crippen molar-refractivity contribution in [3.8, 4) is 0 Å². The number of piperazine rings is 1. The minimum Gasteiger partial charge on any atom is -0.367 e. The molecule has 6 nitrogen and oxygen atoms in total. The molecule has 3 aromatic carbocycles. The van der Waals surface area contributed by atoms with Crippen molar-refractivity contribution in [1.82, 2.24) is 10.2 Å². The van der Waals surface area contributed by atoms with E-state index in [0.717, 1.165) is 15.7 Å². The molecule has 1 aliphatic heterocycles. The maximum absolute atomic E-state index is 12.6. The minimum atomic E-state index is -0.419. The predicted molar refractivity (Wildman–Crippen MR) is 159 cm³/mol. The summed E-state index contributed by atoms with van der Waals surface area (Å²) in [6, 6.07) is 20.2. The van der Waals surface area contributed by atoms with E-state index in [2.05, 4.69) is 31.5 Å². The van der Waals surface area contributed by atoms with Gasteiger partial charge >= 0.3 is 0 Å². The molecule has 0 atom stereocenters. The first-order chi connectivity index (χ1) is 17.8. The van der Waals surface area contributed by atoms with Crippen LogP contribution in [0.3, 0.4) is 0 Å². The fraction of sp³-hybridized carbons (Fsp3) is 0.148. The molecule has 1 heterocycles. The van der Waals surface area contributed by atoms with Gasteiger partial charge in [-0.15, -0.1) is 0 Å².